The van der Waals surface area contributed by atoms with Crippen molar-refractivity contribution in [1.29, 1.82) is 0 Å². The molecule has 1 heterocycles. The maximum atomic E-state index is 12.6. The number of halogens is 4. The Labute approximate surface area is 195 Å². The van der Waals surface area contributed by atoms with E-state index in [2.05, 4.69) is 5.43 Å². The molecule has 1 fully saturated rings. The Bertz CT molecular complexity index is 1050. The summed E-state index contributed by atoms with van der Waals surface area (Å²) in [4.78, 5) is 25.1. The number of carbonyl (C=O) groups excluding carboxylic acids is 2. The molecule has 0 spiro atoms. The Hall–Kier alpha value is -1.48. The van der Waals surface area contributed by atoms with Gasteiger partial charge in [-0.3, -0.25) is 15.0 Å². The number of hydrogen-bond donors (Lipinski definition) is 1. The van der Waals surface area contributed by atoms with E-state index in [0.717, 1.165) is 16.8 Å². The summed E-state index contributed by atoms with van der Waals surface area (Å²) in [5, 5.41) is 2.55. The Morgan fingerprint density at radius 3 is 2.41 bits per heavy atom. The van der Waals surface area contributed by atoms with Gasteiger partial charge in [-0.25, -0.2) is 0 Å². The molecule has 2 aromatic carbocycles. The first-order valence-electron chi connectivity index (χ1n) is 7.85. The van der Waals surface area contributed by atoms with Gasteiger partial charge in [0, 0.05) is 15.1 Å². The molecule has 29 heavy (non-hydrogen) atoms. The molecule has 3 rings (SSSR count). The van der Waals surface area contributed by atoms with E-state index >= 15 is 0 Å². The topological polar surface area (TPSA) is 58.6 Å². The lowest BCUT2D eigenvalue weighted by Gasteiger charge is -2.16. The van der Waals surface area contributed by atoms with Gasteiger partial charge in [0.15, 0.2) is 10.9 Å². The zero-order valence-electron chi connectivity index (χ0n) is 14.2. The minimum Gasteiger partial charge on any atom is -0.482 e. The summed E-state index contributed by atoms with van der Waals surface area (Å²) < 4.78 is 5.52. The third kappa shape index (κ3) is 5.57. The van der Waals surface area contributed by atoms with Crippen molar-refractivity contribution in [3.63, 3.8) is 0 Å². The van der Waals surface area contributed by atoms with E-state index in [1.807, 2.05) is 0 Å². The number of amides is 2. The number of nitrogens with one attached hydrogen (secondary N) is 1. The average molecular weight is 508 g/mol. The zero-order chi connectivity index (χ0) is 21.1. The third-order valence-electron chi connectivity index (χ3n) is 3.53. The SMILES string of the molecule is O=C(COc1ccc(Cl)cc1Cl)NN1C(=O)/C(=C/c2ccc(Cl)cc2Cl)SC1=S. The fourth-order valence-electron chi connectivity index (χ4n) is 2.22. The number of thiocarbonyl (C=S) groups is 1. The van der Waals surface area contributed by atoms with Crippen molar-refractivity contribution < 1.29 is 14.3 Å². The molecule has 0 saturated carbocycles. The summed E-state index contributed by atoms with van der Waals surface area (Å²) in [5.74, 6) is -0.782. The first-order valence-corrected chi connectivity index (χ1v) is 10.6. The Morgan fingerprint density at radius 1 is 1.10 bits per heavy atom. The maximum Gasteiger partial charge on any atom is 0.285 e. The molecular weight excluding hydrogens is 498 g/mol. The van der Waals surface area contributed by atoms with Gasteiger partial charge in [0.25, 0.3) is 11.8 Å². The summed E-state index contributed by atoms with van der Waals surface area (Å²) in [6.45, 7) is -0.375. The second-order valence-corrected chi connectivity index (χ2v) is 8.94. The van der Waals surface area contributed by atoms with Crippen LogP contribution in [-0.2, 0) is 9.59 Å². The molecule has 2 aromatic rings. The summed E-state index contributed by atoms with van der Waals surface area (Å²) in [6.07, 6.45) is 1.58. The lowest BCUT2D eigenvalue weighted by molar-refractivity contribution is -0.134. The zero-order valence-corrected chi connectivity index (χ0v) is 18.9. The molecule has 11 heteroatoms. The minimum atomic E-state index is -0.585. The molecule has 0 atom stereocenters. The van der Waals surface area contributed by atoms with Crippen LogP contribution < -0.4 is 10.2 Å². The van der Waals surface area contributed by atoms with E-state index < -0.39 is 11.8 Å². The van der Waals surface area contributed by atoms with Crippen molar-refractivity contribution >= 4 is 92.6 Å². The first kappa shape index (κ1) is 22.2. The molecule has 2 amide bonds. The van der Waals surface area contributed by atoms with E-state index in [1.54, 1.807) is 30.3 Å². The van der Waals surface area contributed by atoms with Crippen LogP contribution in [-0.4, -0.2) is 27.8 Å². The summed E-state index contributed by atoms with van der Waals surface area (Å²) >= 11 is 30.0. The highest BCUT2D eigenvalue weighted by molar-refractivity contribution is 8.26. The molecule has 0 radical (unpaired) electrons. The van der Waals surface area contributed by atoms with Gasteiger partial charge >= 0.3 is 0 Å². The molecule has 0 aliphatic carbocycles. The van der Waals surface area contributed by atoms with Gasteiger partial charge in [0.1, 0.15) is 5.75 Å². The number of carbonyl (C=O) groups is 2. The monoisotopic (exact) mass is 506 g/mol. The van der Waals surface area contributed by atoms with Gasteiger partial charge in [0.2, 0.25) is 0 Å². The van der Waals surface area contributed by atoms with Crippen molar-refractivity contribution in [2.75, 3.05) is 6.61 Å². The fraction of sp³-hybridized carbons (Fsp3) is 0.0556. The van der Waals surface area contributed by atoms with E-state index in [4.69, 9.17) is 63.4 Å². The summed E-state index contributed by atoms with van der Waals surface area (Å²) in [6, 6.07) is 9.51. The molecule has 0 aromatic heterocycles. The normalized spacial score (nSPS) is 15.2. The highest BCUT2D eigenvalue weighted by Crippen LogP contribution is 2.33. The van der Waals surface area contributed by atoms with Crippen LogP contribution in [0.3, 0.4) is 0 Å². The molecule has 1 aliphatic rings. The van der Waals surface area contributed by atoms with Gasteiger partial charge in [0.05, 0.1) is 9.93 Å². The van der Waals surface area contributed by atoms with Crippen molar-refractivity contribution in [3.8, 4) is 5.75 Å². The standard InChI is InChI=1S/C18H10Cl4N2O3S2/c19-10-2-1-9(12(21)6-10)5-15-17(26)24(18(28)29-15)23-16(25)8-27-14-4-3-11(20)7-13(14)22/h1-7H,8H2,(H,23,25)/b15-5-. The van der Waals surface area contributed by atoms with Crippen molar-refractivity contribution in [1.82, 2.24) is 10.4 Å². The van der Waals surface area contributed by atoms with Crippen LogP contribution >= 0.6 is 70.4 Å². The largest absolute Gasteiger partial charge is 0.482 e. The second kappa shape index (κ2) is 9.55. The molecule has 1 saturated heterocycles. The fourth-order valence-corrected chi connectivity index (χ4v) is 4.31. The van der Waals surface area contributed by atoms with E-state index in [9.17, 15) is 9.59 Å². The molecule has 1 N–H and O–H groups in total. The summed E-state index contributed by atoms with van der Waals surface area (Å²) in [5.41, 5.74) is 3.01. The smallest absolute Gasteiger partial charge is 0.285 e. The Morgan fingerprint density at radius 2 is 1.76 bits per heavy atom. The van der Waals surface area contributed by atoms with Crippen LogP contribution in [0.25, 0.3) is 6.08 Å². The molecule has 0 bridgehead atoms. The number of hydrogen-bond acceptors (Lipinski definition) is 5. The maximum absolute atomic E-state index is 12.6. The second-order valence-electron chi connectivity index (χ2n) is 5.58. The third-order valence-corrected chi connectivity index (χ3v) is 5.93. The van der Waals surface area contributed by atoms with Crippen molar-refractivity contribution in [2.24, 2.45) is 0 Å². The van der Waals surface area contributed by atoms with Crippen LogP contribution in [0.2, 0.25) is 20.1 Å². The first-order chi connectivity index (χ1) is 13.7. The minimum absolute atomic E-state index is 0.171. The van der Waals surface area contributed by atoms with Crippen LogP contribution in [0.4, 0.5) is 0 Å². The average Bonchev–Trinajstić information content (AvgIpc) is 2.91. The predicted octanol–water partition coefficient (Wildman–Crippen LogP) is 5.61. The highest BCUT2D eigenvalue weighted by Gasteiger charge is 2.33. The predicted molar refractivity (Wildman–Crippen MR) is 122 cm³/mol. The van der Waals surface area contributed by atoms with Crippen LogP contribution in [0, 0.1) is 0 Å². The van der Waals surface area contributed by atoms with Crippen molar-refractivity contribution in [3.05, 3.63) is 67.0 Å². The van der Waals surface area contributed by atoms with Crippen LogP contribution in [0.5, 0.6) is 5.75 Å². The van der Waals surface area contributed by atoms with Crippen molar-refractivity contribution in [2.45, 2.75) is 0 Å². The number of benzene rings is 2. The molecule has 0 unspecified atom stereocenters. The molecular formula is C18H10Cl4N2O3S2. The number of thioether (sulfide) groups is 1. The number of ether oxygens (including phenoxy) is 1. The van der Waals surface area contributed by atoms with Gasteiger partial charge in [-0.05, 0) is 54.2 Å². The van der Waals surface area contributed by atoms with Gasteiger partial charge in [-0.1, -0.05) is 64.2 Å². The molecule has 5 nitrogen and oxygen atoms in total. The van der Waals surface area contributed by atoms with Crippen LogP contribution in [0.15, 0.2) is 41.3 Å². The van der Waals surface area contributed by atoms with E-state index in [0.29, 0.717) is 25.5 Å². The molecule has 1 aliphatic heterocycles. The highest BCUT2D eigenvalue weighted by atomic mass is 35.5. The Kier molecular flexibility index (Phi) is 7.32. The lowest BCUT2D eigenvalue weighted by atomic mass is 10.2. The lowest BCUT2D eigenvalue weighted by Crippen LogP contribution is -2.46. The quantitative estimate of drug-likeness (QED) is 0.421. The van der Waals surface area contributed by atoms with Crippen LogP contribution in [0.1, 0.15) is 5.56 Å². The van der Waals surface area contributed by atoms with E-state index in [1.165, 1.54) is 12.1 Å². The number of hydrazine groups is 1. The Balaban J connectivity index is 1.65. The van der Waals surface area contributed by atoms with Gasteiger partial charge < -0.3 is 4.74 Å². The van der Waals surface area contributed by atoms with Gasteiger partial charge in [-0.2, -0.15) is 5.01 Å². The van der Waals surface area contributed by atoms with E-state index in [-0.39, 0.29) is 21.7 Å². The summed E-state index contributed by atoms with van der Waals surface area (Å²) in [7, 11) is 0. The number of rotatable bonds is 5. The molecule has 150 valence electrons. The number of nitrogens with zero attached hydrogens (tertiary/aromatic N) is 1. The van der Waals surface area contributed by atoms with Gasteiger partial charge in [-0.15, -0.1) is 0 Å².